The van der Waals surface area contributed by atoms with Crippen LogP contribution < -0.4 is 10.6 Å². The SMILES string of the molecule is CCNC(=NCCC(O)c1ccccc1)NCCN(CCOC)C1CC1. The summed E-state index contributed by atoms with van der Waals surface area (Å²) in [6.45, 7) is 7.08. The van der Waals surface area contributed by atoms with Crippen LogP contribution in [-0.2, 0) is 4.74 Å². The van der Waals surface area contributed by atoms with Gasteiger partial charge in [-0.25, -0.2) is 0 Å². The van der Waals surface area contributed by atoms with E-state index in [0.717, 1.165) is 50.4 Å². The molecule has 3 N–H and O–H groups in total. The molecule has 1 aliphatic carbocycles. The predicted octanol–water partition coefficient (Wildman–Crippen LogP) is 1.78. The number of ether oxygens (including phenoxy) is 1. The standard InChI is InChI=1S/C20H34N4O2/c1-3-21-20(22-12-11-19(25)17-7-5-4-6-8-17)23-13-14-24(15-16-26-2)18-9-10-18/h4-8,18-19,25H,3,9-16H2,1-2H3,(H2,21,22,23). The van der Waals surface area contributed by atoms with Gasteiger partial charge in [-0.2, -0.15) is 0 Å². The van der Waals surface area contributed by atoms with E-state index in [4.69, 9.17) is 4.74 Å². The largest absolute Gasteiger partial charge is 0.388 e. The summed E-state index contributed by atoms with van der Waals surface area (Å²) in [6, 6.07) is 10.5. The van der Waals surface area contributed by atoms with Gasteiger partial charge in [-0.1, -0.05) is 30.3 Å². The Morgan fingerprint density at radius 3 is 2.69 bits per heavy atom. The zero-order chi connectivity index (χ0) is 18.6. The van der Waals surface area contributed by atoms with Gasteiger partial charge in [0.25, 0.3) is 0 Å². The highest BCUT2D eigenvalue weighted by atomic mass is 16.5. The van der Waals surface area contributed by atoms with E-state index in [1.807, 2.05) is 30.3 Å². The second-order valence-corrected chi connectivity index (χ2v) is 6.66. The second kappa shape index (κ2) is 11.9. The Hall–Kier alpha value is -1.63. The molecule has 0 radical (unpaired) electrons. The average molecular weight is 363 g/mol. The van der Waals surface area contributed by atoms with Crippen LogP contribution in [0.2, 0.25) is 0 Å². The minimum Gasteiger partial charge on any atom is -0.388 e. The quantitative estimate of drug-likeness (QED) is 0.391. The third kappa shape index (κ3) is 7.72. The molecule has 1 unspecified atom stereocenters. The van der Waals surface area contributed by atoms with Crippen molar-refractivity contribution in [3.05, 3.63) is 35.9 Å². The monoisotopic (exact) mass is 362 g/mol. The Labute approximate surface area is 157 Å². The molecule has 2 rings (SSSR count). The Morgan fingerprint density at radius 1 is 1.27 bits per heavy atom. The summed E-state index contributed by atoms with van der Waals surface area (Å²) in [4.78, 5) is 7.07. The van der Waals surface area contributed by atoms with Crippen LogP contribution in [0.15, 0.2) is 35.3 Å². The number of aliphatic imine (C=N–C) groups is 1. The lowest BCUT2D eigenvalue weighted by atomic mass is 10.1. The predicted molar refractivity (Wildman–Crippen MR) is 106 cm³/mol. The minimum atomic E-state index is -0.470. The summed E-state index contributed by atoms with van der Waals surface area (Å²) >= 11 is 0. The number of guanidine groups is 1. The van der Waals surface area contributed by atoms with Gasteiger partial charge in [0.05, 0.1) is 12.7 Å². The summed E-state index contributed by atoms with van der Waals surface area (Å²) in [5.74, 6) is 0.815. The summed E-state index contributed by atoms with van der Waals surface area (Å²) in [5, 5.41) is 16.9. The van der Waals surface area contributed by atoms with Gasteiger partial charge in [-0.3, -0.25) is 9.89 Å². The normalized spacial score (nSPS) is 15.9. The topological polar surface area (TPSA) is 69.1 Å². The van der Waals surface area contributed by atoms with Crippen molar-refractivity contribution >= 4 is 5.96 Å². The van der Waals surface area contributed by atoms with Crippen LogP contribution in [0.4, 0.5) is 0 Å². The molecule has 1 saturated carbocycles. The second-order valence-electron chi connectivity index (χ2n) is 6.66. The van der Waals surface area contributed by atoms with E-state index in [2.05, 4.69) is 27.4 Å². The van der Waals surface area contributed by atoms with Crippen LogP contribution in [0.1, 0.15) is 37.9 Å². The third-order valence-electron chi connectivity index (χ3n) is 4.54. The molecule has 1 fully saturated rings. The van der Waals surface area contributed by atoms with Crippen LogP contribution in [0, 0.1) is 0 Å². The van der Waals surface area contributed by atoms with Crippen molar-refractivity contribution in [2.75, 3.05) is 46.4 Å². The Bertz CT molecular complexity index is 520. The summed E-state index contributed by atoms with van der Waals surface area (Å²) in [5.41, 5.74) is 0.943. The van der Waals surface area contributed by atoms with Crippen LogP contribution in [0.25, 0.3) is 0 Å². The molecule has 0 amide bonds. The first-order valence-electron chi connectivity index (χ1n) is 9.72. The van der Waals surface area contributed by atoms with Gasteiger partial charge in [0.2, 0.25) is 0 Å². The molecular formula is C20H34N4O2. The number of aliphatic hydroxyl groups excluding tert-OH is 1. The molecule has 0 aliphatic heterocycles. The van der Waals surface area contributed by atoms with E-state index >= 15 is 0 Å². The van der Waals surface area contributed by atoms with Crippen molar-refractivity contribution in [1.29, 1.82) is 0 Å². The highest BCUT2D eigenvalue weighted by molar-refractivity contribution is 5.79. The van der Waals surface area contributed by atoms with Gasteiger partial charge in [0, 0.05) is 45.9 Å². The van der Waals surface area contributed by atoms with Gasteiger partial charge in [0.1, 0.15) is 0 Å². The molecule has 1 aromatic rings. The molecule has 0 aromatic heterocycles. The fourth-order valence-corrected chi connectivity index (χ4v) is 2.93. The number of hydrogen-bond acceptors (Lipinski definition) is 4. The molecule has 1 aromatic carbocycles. The third-order valence-corrected chi connectivity index (χ3v) is 4.54. The van der Waals surface area contributed by atoms with Crippen molar-refractivity contribution in [2.24, 2.45) is 4.99 Å². The van der Waals surface area contributed by atoms with E-state index in [1.54, 1.807) is 7.11 Å². The number of benzene rings is 1. The maximum atomic E-state index is 10.2. The van der Waals surface area contributed by atoms with Crippen LogP contribution in [0.3, 0.4) is 0 Å². The number of aliphatic hydroxyl groups is 1. The van der Waals surface area contributed by atoms with Crippen LogP contribution in [0.5, 0.6) is 0 Å². The number of nitrogens with zero attached hydrogens (tertiary/aromatic N) is 2. The first kappa shape index (κ1) is 20.7. The van der Waals surface area contributed by atoms with Crippen molar-refractivity contribution in [2.45, 2.75) is 38.3 Å². The summed E-state index contributed by atoms with van der Waals surface area (Å²) in [6.07, 6.45) is 2.75. The maximum absolute atomic E-state index is 10.2. The first-order valence-corrected chi connectivity index (χ1v) is 9.72. The van der Waals surface area contributed by atoms with Crippen LogP contribution >= 0.6 is 0 Å². The minimum absolute atomic E-state index is 0.470. The lowest BCUT2D eigenvalue weighted by molar-refractivity contribution is 0.144. The highest BCUT2D eigenvalue weighted by Gasteiger charge is 2.28. The zero-order valence-corrected chi connectivity index (χ0v) is 16.2. The fraction of sp³-hybridized carbons (Fsp3) is 0.650. The molecular weight excluding hydrogens is 328 g/mol. The van der Waals surface area contributed by atoms with Gasteiger partial charge < -0.3 is 20.5 Å². The Balaban J connectivity index is 1.73. The number of rotatable bonds is 12. The van der Waals surface area contributed by atoms with Gasteiger partial charge >= 0.3 is 0 Å². The zero-order valence-electron chi connectivity index (χ0n) is 16.2. The van der Waals surface area contributed by atoms with Crippen molar-refractivity contribution in [3.63, 3.8) is 0 Å². The Morgan fingerprint density at radius 2 is 2.04 bits per heavy atom. The van der Waals surface area contributed by atoms with Gasteiger partial charge in [0.15, 0.2) is 5.96 Å². The number of methoxy groups -OCH3 is 1. The van der Waals surface area contributed by atoms with E-state index in [9.17, 15) is 5.11 Å². The van der Waals surface area contributed by atoms with E-state index < -0.39 is 6.10 Å². The van der Waals surface area contributed by atoms with Gasteiger partial charge in [-0.05, 0) is 31.7 Å². The molecule has 6 nitrogen and oxygen atoms in total. The molecule has 0 spiro atoms. The van der Waals surface area contributed by atoms with Gasteiger partial charge in [-0.15, -0.1) is 0 Å². The smallest absolute Gasteiger partial charge is 0.191 e. The summed E-state index contributed by atoms with van der Waals surface area (Å²) < 4.78 is 5.21. The van der Waals surface area contributed by atoms with E-state index in [0.29, 0.717) is 13.0 Å². The average Bonchev–Trinajstić information content (AvgIpc) is 3.50. The highest BCUT2D eigenvalue weighted by Crippen LogP contribution is 2.25. The first-order chi connectivity index (χ1) is 12.7. The maximum Gasteiger partial charge on any atom is 0.191 e. The number of hydrogen-bond donors (Lipinski definition) is 3. The molecule has 1 aliphatic rings. The van der Waals surface area contributed by atoms with Crippen molar-refractivity contribution in [1.82, 2.24) is 15.5 Å². The lowest BCUT2D eigenvalue weighted by Crippen LogP contribution is -2.42. The number of nitrogens with one attached hydrogen (secondary N) is 2. The molecule has 0 saturated heterocycles. The lowest BCUT2D eigenvalue weighted by Gasteiger charge is -2.22. The molecule has 1 atom stereocenters. The molecule has 146 valence electrons. The van der Waals surface area contributed by atoms with Crippen molar-refractivity contribution < 1.29 is 9.84 Å². The van der Waals surface area contributed by atoms with Crippen molar-refractivity contribution in [3.8, 4) is 0 Å². The van der Waals surface area contributed by atoms with E-state index in [1.165, 1.54) is 12.8 Å². The van der Waals surface area contributed by atoms with Crippen LogP contribution in [-0.4, -0.2) is 68.4 Å². The molecule has 6 heteroatoms. The Kier molecular flexibility index (Phi) is 9.45. The fourth-order valence-electron chi connectivity index (χ4n) is 2.93. The molecule has 0 bridgehead atoms. The summed E-state index contributed by atoms with van der Waals surface area (Å²) in [7, 11) is 1.75. The molecule has 26 heavy (non-hydrogen) atoms. The molecule has 0 heterocycles. The van der Waals surface area contributed by atoms with E-state index in [-0.39, 0.29) is 0 Å².